The van der Waals surface area contributed by atoms with Crippen LogP contribution in [0.25, 0.3) is 17.0 Å². The molecule has 3 amide bonds. The van der Waals surface area contributed by atoms with Crippen LogP contribution in [0.15, 0.2) is 60.7 Å². The van der Waals surface area contributed by atoms with Gasteiger partial charge in [0.15, 0.2) is 5.60 Å². The minimum Gasteiger partial charge on any atom is -0.507 e. The van der Waals surface area contributed by atoms with E-state index in [1.54, 1.807) is 44.2 Å². The van der Waals surface area contributed by atoms with Crippen molar-refractivity contribution in [1.29, 1.82) is 0 Å². The summed E-state index contributed by atoms with van der Waals surface area (Å²) in [6, 6.07) is 14.4. The topological polar surface area (TPSA) is 231 Å². The van der Waals surface area contributed by atoms with Crippen molar-refractivity contribution in [1.82, 2.24) is 20.9 Å². The van der Waals surface area contributed by atoms with Crippen molar-refractivity contribution in [2.75, 3.05) is 6.54 Å². The molecule has 2 heterocycles. The molecule has 1 saturated heterocycles. The van der Waals surface area contributed by atoms with Crippen molar-refractivity contribution in [3.05, 3.63) is 105 Å². The van der Waals surface area contributed by atoms with Crippen molar-refractivity contribution >= 4 is 40.7 Å². The summed E-state index contributed by atoms with van der Waals surface area (Å²) in [4.78, 5) is 54.0. The molecule has 4 aromatic rings. The molecule has 0 spiro atoms. The van der Waals surface area contributed by atoms with Gasteiger partial charge in [-0.05, 0) is 91.9 Å². The van der Waals surface area contributed by atoms with Gasteiger partial charge >= 0.3 is 5.97 Å². The van der Waals surface area contributed by atoms with Crippen LogP contribution in [0.1, 0.15) is 74.0 Å². The van der Waals surface area contributed by atoms with Gasteiger partial charge in [0.1, 0.15) is 18.0 Å². The van der Waals surface area contributed by atoms with Gasteiger partial charge in [0.2, 0.25) is 5.91 Å². The summed E-state index contributed by atoms with van der Waals surface area (Å²) in [7, 11) is 0. The highest BCUT2D eigenvalue weighted by Gasteiger charge is 2.54. The first-order valence-corrected chi connectivity index (χ1v) is 17.9. The Labute approximate surface area is 318 Å². The van der Waals surface area contributed by atoms with Gasteiger partial charge in [0, 0.05) is 60.6 Å². The van der Waals surface area contributed by atoms with E-state index in [4.69, 9.17) is 4.74 Å². The number of aromatic amines is 1. The number of carbonyl (C=O) groups is 4. The molecule has 0 radical (unpaired) electrons. The zero-order chi connectivity index (χ0) is 40.2. The lowest BCUT2D eigenvalue weighted by Crippen LogP contribution is -2.67. The van der Waals surface area contributed by atoms with Crippen LogP contribution < -0.4 is 16.0 Å². The third-order valence-corrected chi connectivity index (χ3v) is 10.1. The van der Waals surface area contributed by atoms with Crippen LogP contribution >= 0.6 is 0 Å². The van der Waals surface area contributed by atoms with Crippen LogP contribution in [0, 0.1) is 27.7 Å². The van der Waals surface area contributed by atoms with E-state index in [1.165, 1.54) is 19.1 Å². The van der Waals surface area contributed by atoms with Crippen molar-refractivity contribution in [2.45, 2.75) is 90.1 Å². The molecule has 14 heteroatoms. The number of benzene rings is 3. The fourth-order valence-electron chi connectivity index (χ4n) is 6.92. The van der Waals surface area contributed by atoms with Gasteiger partial charge in [0.05, 0.1) is 18.2 Å². The Morgan fingerprint density at radius 1 is 0.964 bits per heavy atom. The average molecular weight is 757 g/mol. The lowest BCUT2D eigenvalue weighted by Gasteiger charge is -2.47. The second kappa shape index (κ2) is 16.9. The van der Waals surface area contributed by atoms with E-state index < -0.39 is 66.8 Å². The Bertz CT molecular complexity index is 2100. The van der Waals surface area contributed by atoms with Crippen molar-refractivity contribution in [2.24, 2.45) is 0 Å². The van der Waals surface area contributed by atoms with Crippen LogP contribution in [0.5, 0.6) is 5.75 Å². The molecule has 55 heavy (non-hydrogen) atoms. The maximum Gasteiger partial charge on any atom is 0.336 e. The first kappa shape index (κ1) is 40.6. The zero-order valence-corrected chi connectivity index (χ0v) is 31.3. The summed E-state index contributed by atoms with van der Waals surface area (Å²) < 4.78 is 6.02. The number of rotatable bonds is 13. The Morgan fingerprint density at radius 2 is 1.65 bits per heavy atom. The molecule has 0 unspecified atom stereocenters. The Balaban J connectivity index is 1.26. The summed E-state index contributed by atoms with van der Waals surface area (Å²) in [5, 5.41) is 62.7. The molecule has 1 aromatic heterocycles. The third kappa shape index (κ3) is 9.23. The third-order valence-electron chi connectivity index (χ3n) is 10.1. The van der Waals surface area contributed by atoms with E-state index in [-0.39, 0.29) is 30.2 Å². The van der Waals surface area contributed by atoms with Gasteiger partial charge in [-0.1, -0.05) is 30.4 Å². The predicted octanol–water partition coefficient (Wildman–Crippen LogP) is 3.07. The molecule has 3 aromatic carbocycles. The van der Waals surface area contributed by atoms with Crippen LogP contribution in [-0.2, 0) is 20.9 Å². The van der Waals surface area contributed by atoms with Crippen LogP contribution in [0.3, 0.4) is 0 Å². The highest BCUT2D eigenvalue weighted by atomic mass is 16.6. The largest absolute Gasteiger partial charge is 0.507 e. The molecule has 5 rings (SSSR count). The molecular formula is C41H48N4O10. The molecule has 0 aliphatic carbocycles. The van der Waals surface area contributed by atoms with Gasteiger partial charge in [-0.3, -0.25) is 14.4 Å². The number of hydrogen-bond donors (Lipinski definition) is 9. The zero-order valence-electron chi connectivity index (χ0n) is 31.3. The second-order valence-corrected chi connectivity index (χ2v) is 14.3. The number of ether oxygens (including phenoxy) is 1. The van der Waals surface area contributed by atoms with Crippen LogP contribution in [0.4, 0.5) is 0 Å². The standard InChI is InChI=1S/C41H48N4O10/c1-21-14-29(15-22(2)35(21)49)39(52)43-20-33(48)36(50)37-34(45-25(5)46)32(47)18-41(55-37,40(53)54)13-7-10-26-8-6-9-27(16-26)19-42-38(51)28-11-12-31-30(17-28)23(3)24(4)44-31/h6-12,14-17,32-34,36-37,44,47-50H,13,18-20H2,1-5H3,(H,42,51)(H,43,52)(H,45,46)(H,53,54)/b10-7+/t32-,33+,34+,36+,37+,41+/m0/s1. The average Bonchev–Trinajstić information content (AvgIpc) is 3.43. The molecule has 9 N–H and O–H groups in total. The molecule has 1 aliphatic rings. The molecule has 1 aliphatic heterocycles. The van der Waals surface area contributed by atoms with Crippen molar-refractivity contribution < 1.29 is 49.4 Å². The molecule has 0 bridgehead atoms. The number of carboxylic acid groups (broad SMARTS) is 1. The molecule has 14 nitrogen and oxygen atoms in total. The fraction of sp³-hybridized carbons (Fsp3) is 0.366. The molecular weight excluding hydrogens is 708 g/mol. The number of fused-ring (bicyclic) bond motifs is 1. The van der Waals surface area contributed by atoms with Gasteiger partial charge < -0.3 is 51.2 Å². The Hall–Kier alpha value is -5.54. The van der Waals surface area contributed by atoms with Gasteiger partial charge in [-0.15, -0.1) is 0 Å². The number of aliphatic carboxylic acids is 1. The number of aliphatic hydroxyl groups excluding tert-OH is 3. The highest BCUT2D eigenvalue weighted by molar-refractivity contribution is 5.99. The lowest BCUT2D eigenvalue weighted by molar-refractivity contribution is -0.226. The number of nitrogens with one attached hydrogen (secondary N) is 4. The first-order valence-electron chi connectivity index (χ1n) is 17.9. The summed E-state index contributed by atoms with van der Waals surface area (Å²) in [6.45, 7) is 8.16. The normalized spacial score (nSPS) is 20.9. The quantitative estimate of drug-likeness (QED) is 0.0968. The minimum atomic E-state index is -2.07. The lowest BCUT2D eigenvalue weighted by atomic mass is 9.81. The molecule has 6 atom stereocenters. The monoisotopic (exact) mass is 756 g/mol. The number of aryl methyl sites for hydroxylation is 4. The van der Waals surface area contributed by atoms with E-state index in [9.17, 15) is 44.7 Å². The minimum absolute atomic E-state index is 0.0441. The molecule has 1 fully saturated rings. The van der Waals surface area contributed by atoms with Gasteiger partial charge in [-0.2, -0.15) is 0 Å². The maximum atomic E-state index is 13.0. The summed E-state index contributed by atoms with van der Waals surface area (Å²) in [5.41, 5.74) is 4.17. The number of hydrogen-bond acceptors (Lipinski definition) is 9. The van der Waals surface area contributed by atoms with E-state index in [0.717, 1.165) is 27.7 Å². The predicted molar refractivity (Wildman–Crippen MR) is 204 cm³/mol. The SMILES string of the molecule is CC(=O)N[C@H]1[C@H]([C@H](O)[C@H](O)CNC(=O)c2cc(C)c(O)c(C)c2)O[C@@](C/C=C/c2cccc(CNC(=O)c3ccc4[nH]c(C)c(C)c4c3)c2)(C(=O)O)C[C@@H]1O. The number of H-pyrrole nitrogens is 1. The van der Waals surface area contributed by atoms with Crippen LogP contribution in [0.2, 0.25) is 0 Å². The number of carbonyl (C=O) groups excluding carboxylic acids is 3. The molecule has 292 valence electrons. The van der Waals surface area contributed by atoms with Gasteiger partial charge in [-0.25, -0.2) is 4.79 Å². The summed E-state index contributed by atoms with van der Waals surface area (Å²) in [5.74, 6) is -2.81. The van der Waals surface area contributed by atoms with Gasteiger partial charge in [0.25, 0.3) is 11.8 Å². The number of phenols is 1. The highest BCUT2D eigenvalue weighted by Crippen LogP contribution is 2.35. The number of aromatic nitrogens is 1. The van der Waals surface area contributed by atoms with E-state index in [0.29, 0.717) is 22.3 Å². The first-order chi connectivity index (χ1) is 26.0. The summed E-state index contributed by atoms with van der Waals surface area (Å²) in [6.07, 6.45) is -4.15. The number of carboxylic acids is 1. The Kier molecular flexibility index (Phi) is 12.5. The fourth-order valence-corrected chi connectivity index (χ4v) is 6.92. The smallest absolute Gasteiger partial charge is 0.336 e. The molecule has 0 saturated carbocycles. The number of aliphatic hydroxyl groups is 3. The number of phenolic OH excluding ortho intramolecular Hbond substituents is 1. The van der Waals surface area contributed by atoms with E-state index >= 15 is 0 Å². The number of amides is 3. The Morgan fingerprint density at radius 3 is 2.33 bits per heavy atom. The van der Waals surface area contributed by atoms with E-state index in [1.807, 2.05) is 38.1 Å². The van der Waals surface area contributed by atoms with E-state index in [2.05, 4.69) is 20.9 Å². The second-order valence-electron chi connectivity index (χ2n) is 14.3. The maximum absolute atomic E-state index is 13.0. The van der Waals surface area contributed by atoms with Crippen LogP contribution in [-0.4, -0.2) is 96.8 Å². The summed E-state index contributed by atoms with van der Waals surface area (Å²) >= 11 is 0. The number of aromatic hydroxyl groups is 1. The van der Waals surface area contributed by atoms with Crippen molar-refractivity contribution in [3.63, 3.8) is 0 Å². The van der Waals surface area contributed by atoms with Crippen molar-refractivity contribution in [3.8, 4) is 5.75 Å².